The van der Waals surface area contributed by atoms with Crippen molar-refractivity contribution in [3.05, 3.63) is 15.3 Å². The maximum absolute atomic E-state index is 12.6. The maximum atomic E-state index is 12.6. The average Bonchev–Trinajstić information content (AvgIpc) is 2.14. The summed E-state index contributed by atoms with van der Waals surface area (Å²) in [6.45, 7) is 0. The predicted octanol–water partition coefficient (Wildman–Crippen LogP) is 1.28. The molecule has 1 heterocycles. The van der Waals surface area contributed by atoms with E-state index in [4.69, 9.17) is 5.14 Å². The molecule has 0 unspecified atom stereocenters. The fourth-order valence-corrected chi connectivity index (χ4v) is 2.72. The highest BCUT2D eigenvalue weighted by Crippen LogP contribution is 2.31. The summed E-state index contributed by atoms with van der Waals surface area (Å²) in [5.74, 6) is -0.0853. The van der Waals surface area contributed by atoms with Crippen LogP contribution in [0.5, 0.6) is 5.88 Å². The van der Waals surface area contributed by atoms with Crippen LogP contribution >= 0.6 is 22.6 Å². The second-order valence-electron chi connectivity index (χ2n) is 2.71. The lowest BCUT2D eigenvalue weighted by atomic mass is 10.3. The van der Waals surface area contributed by atoms with E-state index in [1.165, 1.54) is 29.7 Å². The van der Waals surface area contributed by atoms with E-state index in [0.29, 0.717) is 0 Å². The van der Waals surface area contributed by atoms with E-state index in [-0.39, 0.29) is 9.58 Å². The van der Waals surface area contributed by atoms with Gasteiger partial charge in [-0.15, -0.1) is 0 Å². The number of methoxy groups -OCH3 is 1. The van der Waals surface area contributed by atoms with Crippen LogP contribution < -0.4 is 9.88 Å². The number of ether oxygens (including phenoxy) is 1. The first-order valence-electron chi connectivity index (χ1n) is 3.82. The van der Waals surface area contributed by atoms with Gasteiger partial charge in [0.05, 0.1) is 17.6 Å². The number of nitrogens with two attached hydrogens (primary N) is 1. The van der Waals surface area contributed by atoms with Crippen molar-refractivity contribution in [3.8, 4) is 5.88 Å². The number of rotatable bonds is 3. The van der Waals surface area contributed by atoms with Gasteiger partial charge in [0.15, 0.2) is 0 Å². The van der Waals surface area contributed by atoms with E-state index in [9.17, 15) is 17.2 Å². The van der Waals surface area contributed by atoms with Crippen molar-refractivity contribution in [1.29, 1.82) is 0 Å². The topological polar surface area (TPSA) is 82.3 Å². The molecular formula is C7H7F2IN2O3S. The Balaban J connectivity index is 3.60. The molecule has 0 saturated carbocycles. The molecule has 1 aromatic rings. The summed E-state index contributed by atoms with van der Waals surface area (Å²) in [6.07, 6.45) is -2.97. The molecular weight excluding hydrogens is 357 g/mol. The van der Waals surface area contributed by atoms with Gasteiger partial charge < -0.3 is 4.74 Å². The summed E-state index contributed by atoms with van der Waals surface area (Å²) in [5.41, 5.74) is -0.705. The van der Waals surface area contributed by atoms with Crippen molar-refractivity contribution in [2.45, 2.75) is 11.3 Å². The van der Waals surface area contributed by atoms with Gasteiger partial charge >= 0.3 is 0 Å². The minimum atomic E-state index is -4.24. The third-order valence-corrected chi connectivity index (χ3v) is 3.46. The second-order valence-corrected chi connectivity index (χ2v) is 5.26. The monoisotopic (exact) mass is 364 g/mol. The van der Waals surface area contributed by atoms with Crippen LogP contribution in [0, 0.1) is 3.70 Å². The van der Waals surface area contributed by atoms with Crippen LogP contribution in [0.4, 0.5) is 8.78 Å². The first kappa shape index (κ1) is 13.5. The number of nitrogens with zero attached hydrogens (tertiary/aromatic N) is 1. The summed E-state index contributed by atoms with van der Waals surface area (Å²) in [5, 5.41) is 4.84. The zero-order valence-electron chi connectivity index (χ0n) is 7.95. The fraction of sp³-hybridized carbons (Fsp3) is 0.286. The van der Waals surface area contributed by atoms with Crippen molar-refractivity contribution in [2.24, 2.45) is 5.14 Å². The third-order valence-electron chi connectivity index (χ3n) is 1.68. The van der Waals surface area contributed by atoms with Gasteiger partial charge in [0.25, 0.3) is 6.43 Å². The van der Waals surface area contributed by atoms with Crippen LogP contribution in [-0.2, 0) is 10.0 Å². The van der Waals surface area contributed by atoms with E-state index in [1.54, 1.807) is 0 Å². The van der Waals surface area contributed by atoms with Gasteiger partial charge in [0.1, 0.15) is 3.70 Å². The molecule has 0 aliphatic carbocycles. The molecule has 90 valence electrons. The minimum absolute atomic E-state index is 0.0853. The number of primary sulfonamides is 1. The van der Waals surface area contributed by atoms with E-state index < -0.39 is 26.9 Å². The molecule has 2 N–H and O–H groups in total. The average molecular weight is 364 g/mol. The molecule has 1 aromatic heterocycles. The van der Waals surface area contributed by atoms with Gasteiger partial charge in [0.2, 0.25) is 15.9 Å². The normalized spacial score (nSPS) is 11.9. The minimum Gasteiger partial charge on any atom is -0.481 e. The number of halogens is 3. The number of hydrogen-bond donors (Lipinski definition) is 1. The van der Waals surface area contributed by atoms with Crippen LogP contribution in [0.2, 0.25) is 0 Å². The third kappa shape index (κ3) is 2.77. The summed E-state index contributed by atoms with van der Waals surface area (Å²) in [7, 11) is -2.99. The lowest BCUT2D eigenvalue weighted by Gasteiger charge is -2.10. The SMILES string of the molecule is COc1cc(S(N)(=O)=O)c(C(F)F)c(I)n1. The summed E-state index contributed by atoms with van der Waals surface area (Å²) in [4.78, 5) is 2.98. The Bertz CT molecular complexity index is 507. The Labute approximate surface area is 104 Å². The standard InChI is InChI=1S/C7H7F2IN2O3S/c1-15-4-2-3(16(11,13)14)5(6(8)9)7(10)12-4/h2,6H,1H3,(H2,11,13,14). The van der Waals surface area contributed by atoms with E-state index in [2.05, 4.69) is 9.72 Å². The molecule has 0 spiro atoms. The summed E-state index contributed by atoms with van der Waals surface area (Å²) < 4.78 is 52.1. The van der Waals surface area contributed by atoms with Crippen molar-refractivity contribution < 1.29 is 21.9 Å². The molecule has 0 fully saturated rings. The summed E-state index contributed by atoms with van der Waals surface area (Å²) >= 11 is 1.50. The van der Waals surface area contributed by atoms with Gasteiger partial charge in [-0.25, -0.2) is 27.3 Å². The zero-order chi connectivity index (χ0) is 12.5. The Hall–Kier alpha value is -0.550. The lowest BCUT2D eigenvalue weighted by molar-refractivity contribution is 0.146. The van der Waals surface area contributed by atoms with Crippen LogP contribution in [0.25, 0.3) is 0 Å². The molecule has 0 amide bonds. The molecule has 0 saturated heterocycles. The highest BCUT2D eigenvalue weighted by atomic mass is 127. The number of hydrogen-bond acceptors (Lipinski definition) is 4. The molecule has 0 radical (unpaired) electrons. The van der Waals surface area contributed by atoms with Crippen molar-refractivity contribution in [1.82, 2.24) is 4.98 Å². The van der Waals surface area contributed by atoms with Gasteiger partial charge in [0, 0.05) is 6.07 Å². The predicted molar refractivity (Wildman–Crippen MR) is 59.8 cm³/mol. The second kappa shape index (κ2) is 4.75. The largest absolute Gasteiger partial charge is 0.481 e. The number of aromatic nitrogens is 1. The highest BCUT2D eigenvalue weighted by molar-refractivity contribution is 14.1. The van der Waals surface area contributed by atoms with Crippen LogP contribution in [-0.4, -0.2) is 20.5 Å². The van der Waals surface area contributed by atoms with Crippen molar-refractivity contribution >= 4 is 32.6 Å². The van der Waals surface area contributed by atoms with E-state index in [0.717, 1.165) is 6.07 Å². The number of alkyl halides is 2. The zero-order valence-corrected chi connectivity index (χ0v) is 10.9. The number of pyridine rings is 1. The molecule has 0 aliphatic heterocycles. The molecule has 0 atom stereocenters. The van der Waals surface area contributed by atoms with Crippen LogP contribution in [0.3, 0.4) is 0 Å². The van der Waals surface area contributed by atoms with E-state index >= 15 is 0 Å². The number of sulfonamides is 1. The molecule has 1 rings (SSSR count). The molecule has 0 aromatic carbocycles. The summed E-state index contributed by atoms with van der Waals surface area (Å²) in [6, 6.07) is 0.874. The molecule has 5 nitrogen and oxygen atoms in total. The van der Waals surface area contributed by atoms with Crippen molar-refractivity contribution in [2.75, 3.05) is 7.11 Å². The first-order chi connectivity index (χ1) is 7.27. The quantitative estimate of drug-likeness (QED) is 0.647. The van der Waals surface area contributed by atoms with Gasteiger partial charge in [-0.2, -0.15) is 0 Å². The first-order valence-corrected chi connectivity index (χ1v) is 6.45. The smallest absolute Gasteiger partial charge is 0.267 e. The van der Waals surface area contributed by atoms with Gasteiger partial charge in [-0.1, -0.05) is 0 Å². The lowest BCUT2D eigenvalue weighted by Crippen LogP contribution is -2.16. The van der Waals surface area contributed by atoms with Crippen LogP contribution in [0.1, 0.15) is 12.0 Å². The van der Waals surface area contributed by atoms with Crippen molar-refractivity contribution in [3.63, 3.8) is 0 Å². The molecule has 9 heteroatoms. The Morgan fingerprint density at radius 1 is 1.56 bits per heavy atom. The molecule has 16 heavy (non-hydrogen) atoms. The Kier molecular flexibility index (Phi) is 4.02. The van der Waals surface area contributed by atoms with Gasteiger partial charge in [-0.3, -0.25) is 0 Å². The Morgan fingerprint density at radius 2 is 2.12 bits per heavy atom. The van der Waals surface area contributed by atoms with Gasteiger partial charge in [-0.05, 0) is 22.6 Å². The highest BCUT2D eigenvalue weighted by Gasteiger charge is 2.25. The maximum Gasteiger partial charge on any atom is 0.267 e. The molecule has 0 bridgehead atoms. The van der Waals surface area contributed by atoms with E-state index in [1.807, 2.05) is 0 Å². The Morgan fingerprint density at radius 3 is 2.50 bits per heavy atom. The molecule has 0 aliphatic rings. The van der Waals surface area contributed by atoms with Crippen LogP contribution in [0.15, 0.2) is 11.0 Å². The fourth-order valence-electron chi connectivity index (χ4n) is 1.02.